The Bertz CT molecular complexity index is 400. The van der Waals surface area contributed by atoms with Crippen LogP contribution in [0.15, 0.2) is 0 Å². The second kappa shape index (κ2) is 5.85. The number of nitrogens with zero attached hydrogens (tertiary/aromatic N) is 2. The second-order valence-electron chi connectivity index (χ2n) is 5.52. The van der Waals surface area contributed by atoms with Crippen LogP contribution in [0.3, 0.4) is 0 Å². The smallest absolute Gasteiger partial charge is 0.0641 e. The SMILES string of the molecule is Cc1nn(C)c(C)c1CNCC1CCCCC1O. The fourth-order valence-corrected chi connectivity index (χ4v) is 2.88. The van der Waals surface area contributed by atoms with E-state index >= 15 is 0 Å². The van der Waals surface area contributed by atoms with Crippen molar-refractivity contribution in [3.05, 3.63) is 17.0 Å². The molecule has 0 aromatic carbocycles. The molecule has 4 nitrogen and oxygen atoms in total. The highest BCUT2D eigenvalue weighted by atomic mass is 16.3. The Balaban J connectivity index is 1.84. The maximum absolute atomic E-state index is 9.92. The third-order valence-corrected chi connectivity index (χ3v) is 4.24. The molecule has 1 aliphatic rings. The minimum Gasteiger partial charge on any atom is -0.393 e. The van der Waals surface area contributed by atoms with E-state index in [0.29, 0.717) is 5.92 Å². The van der Waals surface area contributed by atoms with Gasteiger partial charge in [0.15, 0.2) is 0 Å². The average Bonchev–Trinajstić information content (AvgIpc) is 2.58. The molecule has 1 fully saturated rings. The van der Waals surface area contributed by atoms with Crippen molar-refractivity contribution in [3.63, 3.8) is 0 Å². The summed E-state index contributed by atoms with van der Waals surface area (Å²) in [5.74, 6) is 0.427. The lowest BCUT2D eigenvalue weighted by atomic mass is 9.86. The Morgan fingerprint density at radius 1 is 1.33 bits per heavy atom. The third-order valence-electron chi connectivity index (χ3n) is 4.24. The van der Waals surface area contributed by atoms with Crippen molar-refractivity contribution in [2.45, 2.75) is 52.2 Å². The van der Waals surface area contributed by atoms with Crippen LogP contribution in [0.5, 0.6) is 0 Å². The molecule has 18 heavy (non-hydrogen) atoms. The van der Waals surface area contributed by atoms with Crippen LogP contribution in [0.25, 0.3) is 0 Å². The molecule has 4 heteroatoms. The van der Waals surface area contributed by atoms with Crippen molar-refractivity contribution in [1.29, 1.82) is 0 Å². The van der Waals surface area contributed by atoms with Gasteiger partial charge in [-0.15, -0.1) is 0 Å². The van der Waals surface area contributed by atoms with E-state index in [4.69, 9.17) is 0 Å². The van der Waals surface area contributed by atoms with E-state index in [-0.39, 0.29) is 6.10 Å². The predicted molar refractivity (Wildman–Crippen MR) is 72.4 cm³/mol. The maximum Gasteiger partial charge on any atom is 0.0641 e. The molecule has 102 valence electrons. The van der Waals surface area contributed by atoms with Crippen molar-refractivity contribution in [2.75, 3.05) is 6.54 Å². The lowest BCUT2D eigenvalue weighted by Gasteiger charge is -2.27. The fourth-order valence-electron chi connectivity index (χ4n) is 2.88. The largest absolute Gasteiger partial charge is 0.393 e. The summed E-state index contributed by atoms with van der Waals surface area (Å²) in [5, 5.41) is 17.8. The number of hydrogen-bond acceptors (Lipinski definition) is 3. The van der Waals surface area contributed by atoms with Crippen LogP contribution in [-0.2, 0) is 13.6 Å². The zero-order valence-electron chi connectivity index (χ0n) is 11.7. The van der Waals surface area contributed by atoms with Crippen LogP contribution in [0.4, 0.5) is 0 Å². The zero-order chi connectivity index (χ0) is 13.1. The average molecular weight is 251 g/mol. The van der Waals surface area contributed by atoms with Crippen molar-refractivity contribution >= 4 is 0 Å². The number of nitrogens with one attached hydrogen (secondary N) is 1. The molecule has 0 radical (unpaired) electrons. The number of aliphatic hydroxyl groups excluding tert-OH is 1. The molecule has 0 aliphatic heterocycles. The molecule has 2 atom stereocenters. The summed E-state index contributed by atoms with van der Waals surface area (Å²) >= 11 is 0. The molecule has 0 spiro atoms. The summed E-state index contributed by atoms with van der Waals surface area (Å²) in [4.78, 5) is 0. The minimum absolute atomic E-state index is 0.109. The molecule has 1 heterocycles. The van der Waals surface area contributed by atoms with Crippen LogP contribution in [0, 0.1) is 19.8 Å². The van der Waals surface area contributed by atoms with Gasteiger partial charge in [-0.25, -0.2) is 0 Å². The summed E-state index contributed by atoms with van der Waals surface area (Å²) in [7, 11) is 1.98. The van der Waals surface area contributed by atoms with E-state index in [1.165, 1.54) is 24.1 Å². The molecule has 1 aromatic heterocycles. The summed E-state index contributed by atoms with van der Waals surface area (Å²) in [5.41, 5.74) is 3.62. The Morgan fingerprint density at radius 2 is 2.06 bits per heavy atom. The minimum atomic E-state index is -0.109. The highest BCUT2D eigenvalue weighted by Gasteiger charge is 2.22. The van der Waals surface area contributed by atoms with Crippen molar-refractivity contribution in [3.8, 4) is 0 Å². The standard InChI is InChI=1S/C14H25N3O/c1-10-13(11(2)17(3)16-10)9-15-8-12-6-4-5-7-14(12)18/h12,14-15,18H,4-9H2,1-3H3. The summed E-state index contributed by atoms with van der Waals surface area (Å²) in [6.07, 6.45) is 4.45. The van der Waals surface area contributed by atoms with E-state index in [1.807, 2.05) is 11.7 Å². The Hall–Kier alpha value is -0.870. The van der Waals surface area contributed by atoms with Crippen LogP contribution in [0.2, 0.25) is 0 Å². The van der Waals surface area contributed by atoms with Gasteiger partial charge >= 0.3 is 0 Å². The molecule has 1 aliphatic carbocycles. The first-order valence-corrected chi connectivity index (χ1v) is 6.97. The molecular weight excluding hydrogens is 226 g/mol. The highest BCUT2D eigenvalue weighted by Crippen LogP contribution is 2.23. The molecule has 2 unspecified atom stereocenters. The maximum atomic E-state index is 9.92. The summed E-state index contributed by atoms with van der Waals surface area (Å²) in [6, 6.07) is 0. The molecule has 1 saturated carbocycles. The fraction of sp³-hybridized carbons (Fsp3) is 0.786. The van der Waals surface area contributed by atoms with Gasteiger partial charge in [0.1, 0.15) is 0 Å². The van der Waals surface area contributed by atoms with E-state index in [9.17, 15) is 5.11 Å². The first kappa shape index (κ1) is 13.6. The number of aryl methyl sites for hydroxylation is 2. The van der Waals surface area contributed by atoms with Gasteiger partial charge in [-0.3, -0.25) is 4.68 Å². The molecular formula is C14H25N3O. The van der Waals surface area contributed by atoms with Crippen LogP contribution < -0.4 is 5.32 Å². The van der Waals surface area contributed by atoms with Gasteiger partial charge in [0.2, 0.25) is 0 Å². The van der Waals surface area contributed by atoms with E-state index in [2.05, 4.69) is 24.3 Å². The van der Waals surface area contributed by atoms with Gasteiger partial charge in [0.25, 0.3) is 0 Å². The number of aromatic nitrogens is 2. The zero-order valence-corrected chi connectivity index (χ0v) is 11.7. The van der Waals surface area contributed by atoms with Crippen molar-refractivity contribution in [1.82, 2.24) is 15.1 Å². The van der Waals surface area contributed by atoms with Gasteiger partial charge in [-0.05, 0) is 32.6 Å². The van der Waals surface area contributed by atoms with Crippen LogP contribution in [-0.4, -0.2) is 27.5 Å². The van der Waals surface area contributed by atoms with Gasteiger partial charge in [0.05, 0.1) is 11.8 Å². The van der Waals surface area contributed by atoms with Gasteiger partial charge in [-0.1, -0.05) is 12.8 Å². The van der Waals surface area contributed by atoms with E-state index in [1.54, 1.807) is 0 Å². The predicted octanol–water partition coefficient (Wildman–Crippen LogP) is 1.68. The summed E-state index contributed by atoms with van der Waals surface area (Å²) in [6.45, 7) is 5.93. The van der Waals surface area contributed by atoms with E-state index in [0.717, 1.165) is 31.6 Å². The number of rotatable bonds is 4. The lowest BCUT2D eigenvalue weighted by molar-refractivity contribution is 0.0695. The van der Waals surface area contributed by atoms with Gasteiger partial charge < -0.3 is 10.4 Å². The molecule has 1 aromatic rings. The third kappa shape index (κ3) is 2.93. The van der Waals surface area contributed by atoms with Gasteiger partial charge in [0, 0.05) is 31.4 Å². The van der Waals surface area contributed by atoms with Gasteiger partial charge in [-0.2, -0.15) is 5.10 Å². The number of aliphatic hydroxyl groups is 1. The van der Waals surface area contributed by atoms with E-state index < -0.39 is 0 Å². The van der Waals surface area contributed by atoms with Crippen molar-refractivity contribution in [2.24, 2.45) is 13.0 Å². The topological polar surface area (TPSA) is 50.1 Å². The normalized spacial score (nSPS) is 24.4. The molecule has 0 amide bonds. The molecule has 2 rings (SSSR count). The lowest BCUT2D eigenvalue weighted by Crippen LogP contribution is -2.33. The summed E-state index contributed by atoms with van der Waals surface area (Å²) < 4.78 is 1.93. The Kier molecular flexibility index (Phi) is 4.40. The van der Waals surface area contributed by atoms with Crippen molar-refractivity contribution < 1.29 is 5.11 Å². The molecule has 0 saturated heterocycles. The first-order valence-electron chi connectivity index (χ1n) is 6.97. The second-order valence-corrected chi connectivity index (χ2v) is 5.52. The number of hydrogen-bond donors (Lipinski definition) is 2. The molecule has 2 N–H and O–H groups in total. The monoisotopic (exact) mass is 251 g/mol. The molecule has 0 bridgehead atoms. The first-order chi connectivity index (χ1) is 8.59. The Labute approximate surface area is 109 Å². The quantitative estimate of drug-likeness (QED) is 0.856. The van der Waals surface area contributed by atoms with Crippen LogP contribution >= 0.6 is 0 Å². The Morgan fingerprint density at radius 3 is 2.67 bits per heavy atom. The van der Waals surface area contributed by atoms with Crippen LogP contribution in [0.1, 0.15) is 42.6 Å². The highest BCUT2D eigenvalue weighted by molar-refractivity contribution is 5.23.